The molecule has 306 valence electrons. The molecule has 0 unspecified atom stereocenters. The fraction of sp³-hybridized carbons (Fsp3) is 0.513. The van der Waals surface area contributed by atoms with Gasteiger partial charge in [0.05, 0.1) is 18.7 Å². The van der Waals surface area contributed by atoms with Crippen LogP contribution < -0.4 is 30.7 Å². The van der Waals surface area contributed by atoms with Crippen LogP contribution in [0.5, 0.6) is 11.5 Å². The molecule has 4 N–H and O–H groups in total. The Morgan fingerprint density at radius 2 is 0.964 bits per heavy atom. The van der Waals surface area contributed by atoms with Crippen LogP contribution in [0.2, 0.25) is 0 Å². The van der Waals surface area contributed by atoms with E-state index in [1.807, 2.05) is 6.07 Å². The van der Waals surface area contributed by atoms with Gasteiger partial charge in [-0.2, -0.15) is 5.26 Å². The molecule has 2 aromatic rings. The fourth-order valence-electron chi connectivity index (χ4n) is 4.13. The van der Waals surface area contributed by atoms with Crippen LogP contribution >= 0.6 is 0 Å². The van der Waals surface area contributed by atoms with Crippen LogP contribution in [0.4, 0.5) is 19.2 Å². The van der Waals surface area contributed by atoms with E-state index in [1.54, 1.807) is 119 Å². The third-order valence-electron chi connectivity index (χ3n) is 6.00. The summed E-state index contributed by atoms with van der Waals surface area (Å²) in [5.74, 6) is 0.411. The SMILES string of the molecule is CC(C)(C)OC(=O)NC(=NCCOc1cccc(-c2ccc(C#N)c(OCCN=C(NC(=O)OC(C)(C)C)NC(=O)OC(C)(C)C)c2)c1)NC(=O)OC(C)(C)C. The van der Waals surface area contributed by atoms with Crippen molar-refractivity contribution >= 4 is 36.3 Å². The lowest BCUT2D eigenvalue weighted by Crippen LogP contribution is -2.47. The van der Waals surface area contributed by atoms with Crippen molar-refractivity contribution in [1.82, 2.24) is 21.3 Å². The molecular weight excluding hydrogens is 726 g/mol. The van der Waals surface area contributed by atoms with E-state index in [2.05, 4.69) is 37.3 Å². The highest BCUT2D eigenvalue weighted by atomic mass is 16.6. The number of carbonyl (C=O) groups excluding carboxylic acids is 4. The second-order valence-corrected chi connectivity index (χ2v) is 16.0. The number of hydrogen-bond donors (Lipinski definition) is 4. The van der Waals surface area contributed by atoms with Gasteiger partial charge < -0.3 is 28.4 Å². The average molecular weight is 782 g/mol. The van der Waals surface area contributed by atoms with Crippen molar-refractivity contribution in [2.24, 2.45) is 9.98 Å². The molecule has 0 aliphatic rings. The summed E-state index contributed by atoms with van der Waals surface area (Å²) >= 11 is 0. The predicted octanol–water partition coefficient (Wildman–Crippen LogP) is 6.79. The van der Waals surface area contributed by atoms with Crippen LogP contribution in [0.25, 0.3) is 11.1 Å². The van der Waals surface area contributed by atoms with Gasteiger partial charge in [-0.15, -0.1) is 0 Å². The van der Waals surface area contributed by atoms with Crippen molar-refractivity contribution in [3.63, 3.8) is 0 Å². The van der Waals surface area contributed by atoms with Crippen LogP contribution in [0, 0.1) is 11.3 Å². The predicted molar refractivity (Wildman–Crippen MR) is 210 cm³/mol. The number of carbonyl (C=O) groups is 4. The Morgan fingerprint density at radius 3 is 1.36 bits per heavy atom. The molecule has 4 amide bonds. The van der Waals surface area contributed by atoms with E-state index < -0.39 is 46.8 Å². The van der Waals surface area contributed by atoms with Gasteiger partial charge in [-0.05, 0) is 118 Å². The molecule has 0 fully saturated rings. The number of guanidine groups is 2. The summed E-state index contributed by atoms with van der Waals surface area (Å²) in [6.45, 7) is 20.5. The number of rotatable bonds is 9. The third kappa shape index (κ3) is 19.9. The molecule has 0 aliphatic heterocycles. The molecule has 0 saturated heterocycles. The van der Waals surface area contributed by atoms with E-state index in [-0.39, 0.29) is 49.5 Å². The number of aliphatic imine (C=N–C) groups is 2. The minimum atomic E-state index is -0.832. The van der Waals surface area contributed by atoms with Gasteiger partial charge in [-0.1, -0.05) is 18.2 Å². The van der Waals surface area contributed by atoms with Crippen LogP contribution in [0.3, 0.4) is 0 Å². The second-order valence-electron chi connectivity index (χ2n) is 16.0. The maximum absolute atomic E-state index is 12.4. The van der Waals surface area contributed by atoms with E-state index in [1.165, 1.54) is 0 Å². The Hall–Kier alpha value is -6.05. The highest BCUT2D eigenvalue weighted by Gasteiger charge is 2.23. The molecule has 2 rings (SSSR count). The lowest BCUT2D eigenvalue weighted by Gasteiger charge is -2.22. The van der Waals surface area contributed by atoms with Crippen molar-refractivity contribution < 1.29 is 47.6 Å². The molecule has 0 heterocycles. The maximum Gasteiger partial charge on any atom is 0.414 e. The van der Waals surface area contributed by atoms with Gasteiger partial charge in [-0.25, -0.2) is 29.2 Å². The van der Waals surface area contributed by atoms with Crippen LogP contribution in [-0.2, 0) is 18.9 Å². The molecule has 56 heavy (non-hydrogen) atoms. The molecule has 0 bridgehead atoms. The van der Waals surface area contributed by atoms with Crippen molar-refractivity contribution in [2.75, 3.05) is 26.3 Å². The molecule has 0 atom stereocenters. The average Bonchev–Trinajstić information content (AvgIpc) is 3.01. The van der Waals surface area contributed by atoms with Crippen molar-refractivity contribution in [3.05, 3.63) is 48.0 Å². The van der Waals surface area contributed by atoms with Gasteiger partial charge >= 0.3 is 24.4 Å². The van der Waals surface area contributed by atoms with Crippen LogP contribution in [0.1, 0.15) is 88.6 Å². The number of benzene rings is 2. The number of nitrogens with zero attached hydrogens (tertiary/aromatic N) is 3. The van der Waals surface area contributed by atoms with E-state index in [4.69, 9.17) is 28.4 Å². The molecule has 0 aliphatic carbocycles. The highest BCUT2D eigenvalue weighted by Crippen LogP contribution is 2.29. The minimum absolute atomic E-state index is 0.0230. The van der Waals surface area contributed by atoms with E-state index in [9.17, 15) is 24.4 Å². The van der Waals surface area contributed by atoms with Gasteiger partial charge in [0.1, 0.15) is 53.2 Å². The lowest BCUT2D eigenvalue weighted by atomic mass is 10.0. The maximum atomic E-state index is 12.4. The summed E-state index contributed by atoms with van der Waals surface area (Å²) in [6.07, 6.45) is -3.28. The normalized spacial score (nSPS) is 11.4. The Balaban J connectivity index is 2.16. The Kier molecular flexibility index (Phi) is 16.5. The fourth-order valence-corrected chi connectivity index (χ4v) is 4.13. The Bertz CT molecular complexity index is 1730. The molecule has 17 heteroatoms. The summed E-state index contributed by atoms with van der Waals surface area (Å²) in [4.78, 5) is 58.0. The topological polar surface area (TPSA) is 220 Å². The van der Waals surface area contributed by atoms with Crippen molar-refractivity contribution in [3.8, 4) is 28.7 Å². The lowest BCUT2D eigenvalue weighted by molar-refractivity contribution is 0.0521. The molecule has 17 nitrogen and oxygen atoms in total. The summed E-state index contributed by atoms with van der Waals surface area (Å²) in [6, 6.07) is 14.4. The quantitative estimate of drug-likeness (QED) is 0.0897. The van der Waals surface area contributed by atoms with Gasteiger partial charge in [-0.3, -0.25) is 21.3 Å². The largest absolute Gasteiger partial charge is 0.492 e. The molecular formula is C39H55N7O10. The second kappa shape index (κ2) is 20.0. The molecule has 0 radical (unpaired) electrons. The molecule has 0 spiro atoms. The smallest absolute Gasteiger partial charge is 0.414 e. The number of amides is 4. The summed E-state index contributed by atoms with van der Waals surface area (Å²) in [5, 5.41) is 19.4. The summed E-state index contributed by atoms with van der Waals surface area (Å²) < 4.78 is 32.9. The van der Waals surface area contributed by atoms with Gasteiger partial charge in [0.25, 0.3) is 0 Å². The standard InChI is InChI=1S/C39H55N7O10/c1-36(2,3)53-32(47)43-30(44-33(48)54-37(4,5)6)41-18-20-51-28-15-13-14-25(22-28)26-16-17-27(24-40)29(23-26)52-21-19-42-31(45-34(49)55-38(7,8)9)46-35(50)56-39(10,11)12/h13-17,22-23H,18-21H2,1-12H3,(H2,41,43,44,47,48)(H2,42,45,46,49,50). The number of hydrogen-bond acceptors (Lipinski definition) is 13. The molecule has 0 aromatic heterocycles. The molecule has 0 saturated carbocycles. The van der Waals surface area contributed by atoms with Crippen LogP contribution in [0.15, 0.2) is 52.4 Å². The number of nitrogens with one attached hydrogen (secondary N) is 4. The zero-order chi connectivity index (χ0) is 42.3. The molecule has 2 aromatic carbocycles. The summed E-state index contributed by atoms with van der Waals surface area (Å²) in [5.41, 5.74) is -1.40. The van der Waals surface area contributed by atoms with Crippen molar-refractivity contribution in [2.45, 2.75) is 105 Å². The van der Waals surface area contributed by atoms with E-state index in [0.717, 1.165) is 11.1 Å². The first-order valence-corrected chi connectivity index (χ1v) is 17.8. The number of alkyl carbamates (subject to hydrolysis) is 4. The minimum Gasteiger partial charge on any atom is -0.492 e. The zero-order valence-corrected chi connectivity index (χ0v) is 34.3. The Morgan fingerprint density at radius 1 is 0.571 bits per heavy atom. The first-order chi connectivity index (χ1) is 25.8. The van der Waals surface area contributed by atoms with Gasteiger partial charge in [0.15, 0.2) is 0 Å². The highest BCUT2D eigenvalue weighted by molar-refractivity contribution is 6.02. The first-order valence-electron chi connectivity index (χ1n) is 17.8. The van der Waals surface area contributed by atoms with E-state index in [0.29, 0.717) is 5.75 Å². The van der Waals surface area contributed by atoms with Crippen LogP contribution in [-0.4, -0.2) is 85.0 Å². The monoisotopic (exact) mass is 781 g/mol. The third-order valence-corrected chi connectivity index (χ3v) is 6.00. The first kappa shape index (κ1) is 46.1. The summed E-state index contributed by atoms with van der Waals surface area (Å²) in [7, 11) is 0. The zero-order valence-electron chi connectivity index (χ0n) is 34.3. The Labute approximate surface area is 328 Å². The number of nitriles is 1. The van der Waals surface area contributed by atoms with Gasteiger partial charge in [0, 0.05) is 0 Å². The van der Waals surface area contributed by atoms with E-state index >= 15 is 0 Å². The van der Waals surface area contributed by atoms with Gasteiger partial charge in [0.2, 0.25) is 11.9 Å². The van der Waals surface area contributed by atoms with Crippen molar-refractivity contribution in [1.29, 1.82) is 5.26 Å². The number of ether oxygens (including phenoxy) is 6.